The molecule has 1 fully saturated rings. The fourth-order valence-electron chi connectivity index (χ4n) is 2.38. The molecule has 1 N–H and O–H groups in total. The first kappa shape index (κ1) is 10.6. The van der Waals surface area contributed by atoms with Crippen LogP contribution in [-0.2, 0) is 6.42 Å². The van der Waals surface area contributed by atoms with E-state index in [4.69, 9.17) is 0 Å². The zero-order valence-electron chi connectivity index (χ0n) is 8.88. The van der Waals surface area contributed by atoms with Crippen molar-refractivity contribution in [3.63, 3.8) is 0 Å². The predicted octanol–water partition coefficient (Wildman–Crippen LogP) is 3.06. The van der Waals surface area contributed by atoms with Crippen LogP contribution in [0.1, 0.15) is 37.7 Å². The Labute approximate surface area is 89.9 Å². The fourth-order valence-corrected chi connectivity index (χ4v) is 2.38. The second-order valence-corrected chi connectivity index (χ2v) is 4.55. The molecule has 1 aliphatic carbocycles. The monoisotopic (exact) mass is 208 g/mol. The van der Waals surface area contributed by atoms with E-state index < -0.39 is 5.60 Å². The Morgan fingerprint density at radius 2 is 1.80 bits per heavy atom. The van der Waals surface area contributed by atoms with Gasteiger partial charge in [-0.2, -0.15) is 0 Å². The number of aliphatic hydroxyl groups is 1. The van der Waals surface area contributed by atoms with Crippen LogP contribution in [0.5, 0.6) is 0 Å². The summed E-state index contributed by atoms with van der Waals surface area (Å²) >= 11 is 0. The third-order valence-electron chi connectivity index (χ3n) is 3.26. The van der Waals surface area contributed by atoms with Crippen molar-refractivity contribution in [2.24, 2.45) is 0 Å². The number of rotatable bonds is 2. The van der Waals surface area contributed by atoms with Gasteiger partial charge in [0, 0.05) is 6.42 Å². The number of halogens is 1. The molecule has 1 aliphatic rings. The fraction of sp³-hybridized carbons (Fsp3) is 0.538. The zero-order chi connectivity index (χ0) is 10.7. The van der Waals surface area contributed by atoms with Crippen LogP contribution in [-0.4, -0.2) is 10.7 Å². The van der Waals surface area contributed by atoms with E-state index in [1.165, 1.54) is 12.5 Å². The molecule has 1 saturated carbocycles. The average Bonchev–Trinajstić information content (AvgIpc) is 2.22. The highest BCUT2D eigenvalue weighted by molar-refractivity contribution is 5.19. The molecule has 0 bridgehead atoms. The van der Waals surface area contributed by atoms with Crippen molar-refractivity contribution in [1.82, 2.24) is 0 Å². The van der Waals surface area contributed by atoms with E-state index in [2.05, 4.69) is 0 Å². The van der Waals surface area contributed by atoms with Crippen molar-refractivity contribution in [1.29, 1.82) is 0 Å². The van der Waals surface area contributed by atoms with Crippen LogP contribution in [0, 0.1) is 5.82 Å². The first-order valence-electron chi connectivity index (χ1n) is 5.65. The summed E-state index contributed by atoms with van der Waals surface area (Å²) < 4.78 is 13.4. The molecule has 0 saturated heterocycles. The highest BCUT2D eigenvalue weighted by Crippen LogP contribution is 2.31. The van der Waals surface area contributed by atoms with Gasteiger partial charge in [0.1, 0.15) is 5.82 Å². The van der Waals surface area contributed by atoms with Gasteiger partial charge in [0.25, 0.3) is 0 Å². The first-order chi connectivity index (χ1) is 7.20. The van der Waals surface area contributed by atoms with Crippen LogP contribution in [0.25, 0.3) is 0 Å². The molecule has 0 unspecified atom stereocenters. The Morgan fingerprint density at radius 3 is 2.47 bits per heavy atom. The van der Waals surface area contributed by atoms with Gasteiger partial charge in [0.15, 0.2) is 0 Å². The maximum atomic E-state index is 13.4. The van der Waals surface area contributed by atoms with E-state index in [1.807, 2.05) is 6.07 Å². The van der Waals surface area contributed by atoms with E-state index in [1.54, 1.807) is 12.1 Å². The highest BCUT2D eigenvalue weighted by Gasteiger charge is 2.29. The van der Waals surface area contributed by atoms with Crippen molar-refractivity contribution in [2.45, 2.75) is 44.1 Å². The predicted molar refractivity (Wildman–Crippen MR) is 58.1 cm³/mol. The average molecular weight is 208 g/mol. The van der Waals surface area contributed by atoms with Crippen LogP contribution >= 0.6 is 0 Å². The summed E-state index contributed by atoms with van der Waals surface area (Å²) in [6, 6.07) is 6.73. The maximum Gasteiger partial charge on any atom is 0.126 e. The van der Waals surface area contributed by atoms with Crippen LogP contribution in [0.4, 0.5) is 4.39 Å². The SMILES string of the molecule is OC1(Cc2ccccc2F)CCCCC1. The Morgan fingerprint density at radius 1 is 1.13 bits per heavy atom. The molecular formula is C13H17FO. The molecule has 1 nitrogen and oxygen atoms in total. The van der Waals surface area contributed by atoms with E-state index in [-0.39, 0.29) is 5.82 Å². The molecule has 0 radical (unpaired) electrons. The normalized spacial score (nSPS) is 20.1. The summed E-state index contributed by atoms with van der Waals surface area (Å²) in [5.41, 5.74) is -0.0256. The van der Waals surface area contributed by atoms with Gasteiger partial charge in [-0.3, -0.25) is 0 Å². The van der Waals surface area contributed by atoms with Gasteiger partial charge < -0.3 is 5.11 Å². The molecule has 0 spiro atoms. The van der Waals surface area contributed by atoms with E-state index in [0.29, 0.717) is 12.0 Å². The zero-order valence-corrected chi connectivity index (χ0v) is 8.88. The summed E-state index contributed by atoms with van der Waals surface area (Å²) in [5.74, 6) is -0.198. The van der Waals surface area contributed by atoms with Gasteiger partial charge in [-0.05, 0) is 24.5 Å². The summed E-state index contributed by atoms with van der Waals surface area (Å²) in [4.78, 5) is 0. The Kier molecular flexibility index (Phi) is 3.06. The summed E-state index contributed by atoms with van der Waals surface area (Å²) in [5, 5.41) is 10.3. The minimum atomic E-state index is -0.666. The van der Waals surface area contributed by atoms with Gasteiger partial charge in [-0.15, -0.1) is 0 Å². The smallest absolute Gasteiger partial charge is 0.126 e. The lowest BCUT2D eigenvalue weighted by atomic mass is 9.80. The Balaban J connectivity index is 2.10. The van der Waals surface area contributed by atoms with Gasteiger partial charge >= 0.3 is 0 Å². The lowest BCUT2D eigenvalue weighted by Crippen LogP contribution is -2.34. The van der Waals surface area contributed by atoms with Crippen LogP contribution < -0.4 is 0 Å². The standard InChI is InChI=1S/C13H17FO/c14-12-7-3-2-6-11(12)10-13(15)8-4-1-5-9-13/h2-3,6-7,15H,1,4-5,8-10H2. The largest absolute Gasteiger partial charge is 0.390 e. The van der Waals surface area contributed by atoms with E-state index >= 15 is 0 Å². The van der Waals surface area contributed by atoms with Crippen LogP contribution in [0.3, 0.4) is 0 Å². The second-order valence-electron chi connectivity index (χ2n) is 4.55. The van der Waals surface area contributed by atoms with Gasteiger partial charge in [0.2, 0.25) is 0 Å². The first-order valence-corrected chi connectivity index (χ1v) is 5.65. The molecule has 0 atom stereocenters. The molecule has 2 heteroatoms. The Hall–Kier alpha value is -0.890. The number of hydrogen-bond acceptors (Lipinski definition) is 1. The van der Waals surface area contributed by atoms with Crippen LogP contribution in [0.15, 0.2) is 24.3 Å². The highest BCUT2D eigenvalue weighted by atomic mass is 19.1. The molecule has 2 rings (SSSR count). The number of hydrogen-bond donors (Lipinski definition) is 1. The van der Waals surface area contributed by atoms with Crippen molar-refractivity contribution in [3.05, 3.63) is 35.6 Å². The quantitative estimate of drug-likeness (QED) is 0.792. The third-order valence-corrected chi connectivity index (χ3v) is 3.26. The van der Waals surface area contributed by atoms with Crippen molar-refractivity contribution in [3.8, 4) is 0 Å². The molecule has 0 heterocycles. The molecule has 15 heavy (non-hydrogen) atoms. The maximum absolute atomic E-state index is 13.4. The topological polar surface area (TPSA) is 20.2 Å². The minimum Gasteiger partial charge on any atom is -0.390 e. The van der Waals surface area contributed by atoms with Gasteiger partial charge in [0.05, 0.1) is 5.60 Å². The summed E-state index contributed by atoms with van der Waals surface area (Å²) in [6.07, 6.45) is 5.39. The number of benzene rings is 1. The van der Waals surface area contributed by atoms with Crippen molar-refractivity contribution >= 4 is 0 Å². The summed E-state index contributed by atoms with van der Waals surface area (Å²) in [6.45, 7) is 0. The molecule has 0 aliphatic heterocycles. The second kappa shape index (κ2) is 4.31. The Bertz CT molecular complexity index is 329. The molecule has 1 aromatic carbocycles. The molecule has 1 aromatic rings. The molecule has 0 amide bonds. The minimum absolute atomic E-state index is 0.198. The van der Waals surface area contributed by atoms with Crippen molar-refractivity contribution < 1.29 is 9.50 Å². The van der Waals surface area contributed by atoms with Gasteiger partial charge in [-0.25, -0.2) is 4.39 Å². The van der Waals surface area contributed by atoms with Gasteiger partial charge in [-0.1, -0.05) is 37.5 Å². The lowest BCUT2D eigenvalue weighted by molar-refractivity contribution is 0.00380. The van der Waals surface area contributed by atoms with E-state index in [0.717, 1.165) is 25.7 Å². The lowest BCUT2D eigenvalue weighted by Gasteiger charge is -2.32. The van der Waals surface area contributed by atoms with Crippen LogP contribution in [0.2, 0.25) is 0 Å². The van der Waals surface area contributed by atoms with Crippen molar-refractivity contribution in [2.75, 3.05) is 0 Å². The molecule has 82 valence electrons. The summed E-state index contributed by atoms with van der Waals surface area (Å²) in [7, 11) is 0. The molecular weight excluding hydrogens is 191 g/mol. The molecule has 0 aromatic heterocycles. The third kappa shape index (κ3) is 2.57. The van der Waals surface area contributed by atoms with E-state index in [9.17, 15) is 9.50 Å².